The second-order valence-electron chi connectivity index (χ2n) is 7.43. The van der Waals surface area contributed by atoms with Crippen molar-refractivity contribution in [1.82, 2.24) is 0 Å². The van der Waals surface area contributed by atoms with Gasteiger partial charge in [0.25, 0.3) is 5.91 Å². The highest BCUT2D eigenvalue weighted by Crippen LogP contribution is 2.35. The van der Waals surface area contributed by atoms with Crippen molar-refractivity contribution in [3.63, 3.8) is 0 Å². The fourth-order valence-electron chi connectivity index (χ4n) is 3.14. The van der Waals surface area contributed by atoms with E-state index in [1.165, 1.54) is 6.08 Å². The fourth-order valence-corrected chi connectivity index (χ4v) is 4.38. The quantitative estimate of drug-likeness (QED) is 0.110. The maximum atomic E-state index is 12.8. The van der Waals surface area contributed by atoms with Crippen LogP contribution in [0, 0.1) is 27.2 Å². The number of halogens is 3. The summed E-state index contributed by atoms with van der Waals surface area (Å²) < 4.78 is 17.7. The lowest BCUT2D eigenvalue weighted by molar-refractivity contribution is -0.112. The second-order valence-corrected chi connectivity index (χ2v) is 9.43. The summed E-state index contributed by atoms with van der Waals surface area (Å²) in [6.45, 7) is 2.61. The molecule has 3 aromatic carbocycles. The van der Waals surface area contributed by atoms with Crippen molar-refractivity contribution >= 4 is 63.5 Å². The number of benzene rings is 3. The minimum absolute atomic E-state index is 0.0757. The lowest BCUT2D eigenvalue weighted by atomic mass is 10.1. The lowest BCUT2D eigenvalue weighted by Crippen LogP contribution is -2.13. The molecule has 0 atom stereocenters. The van der Waals surface area contributed by atoms with Gasteiger partial charge in [0.1, 0.15) is 30.6 Å². The van der Waals surface area contributed by atoms with Crippen LogP contribution in [0.1, 0.15) is 18.1 Å². The first-order valence-electron chi connectivity index (χ1n) is 11.0. The van der Waals surface area contributed by atoms with Crippen LogP contribution < -0.4 is 19.5 Å². The number of rotatable bonds is 10. The third kappa shape index (κ3) is 8.06. The molecule has 6 nitrogen and oxygen atoms in total. The zero-order chi connectivity index (χ0) is 26.8. The Hall–Kier alpha value is -3.37. The van der Waals surface area contributed by atoms with Crippen LogP contribution in [0.15, 0.2) is 60.2 Å². The Morgan fingerprint density at radius 1 is 1.11 bits per heavy atom. The predicted octanol–water partition coefficient (Wildman–Crippen LogP) is 7.13. The van der Waals surface area contributed by atoms with E-state index in [0.717, 1.165) is 9.13 Å². The molecule has 0 radical (unpaired) electrons. The SMILES string of the molecule is C#CCOc1c(I)cc(/C=C(\C#N)C(=O)Nc2ccc(OCc3ccc(Cl)cc3Cl)cc2)cc1OCC. The van der Waals surface area contributed by atoms with Gasteiger partial charge in [-0.05, 0) is 89.7 Å². The van der Waals surface area contributed by atoms with Crippen LogP contribution >= 0.6 is 45.8 Å². The van der Waals surface area contributed by atoms with Crippen LogP contribution in [0.3, 0.4) is 0 Å². The van der Waals surface area contributed by atoms with E-state index in [9.17, 15) is 10.1 Å². The number of amides is 1. The van der Waals surface area contributed by atoms with E-state index in [4.69, 9.17) is 43.8 Å². The van der Waals surface area contributed by atoms with Gasteiger partial charge in [0.2, 0.25) is 0 Å². The summed E-state index contributed by atoms with van der Waals surface area (Å²) in [4.78, 5) is 12.8. The van der Waals surface area contributed by atoms with E-state index in [0.29, 0.717) is 45.2 Å². The van der Waals surface area contributed by atoms with Crippen molar-refractivity contribution in [3.8, 4) is 35.7 Å². The Balaban J connectivity index is 1.70. The number of hydrogen-bond acceptors (Lipinski definition) is 5. The zero-order valence-corrected chi connectivity index (χ0v) is 23.4. The standard InChI is InChI=1S/C28H21Cl2IN2O4/c1-3-11-36-27-25(31)13-18(14-26(27)35-4-2)12-20(16-32)28(34)33-22-7-9-23(10-8-22)37-17-19-5-6-21(29)15-24(19)30/h1,5-10,12-15H,4,11,17H2,2H3,(H,33,34)/b20-12+. The van der Waals surface area contributed by atoms with E-state index in [1.54, 1.807) is 54.6 Å². The van der Waals surface area contributed by atoms with Gasteiger partial charge in [-0.1, -0.05) is 35.2 Å². The van der Waals surface area contributed by atoms with E-state index >= 15 is 0 Å². The number of ether oxygens (including phenoxy) is 3. The third-order valence-corrected chi connectivity index (χ3v) is 6.22. The molecule has 0 aliphatic carbocycles. The molecular weight excluding hydrogens is 626 g/mol. The second kappa shape index (κ2) is 13.8. The number of nitriles is 1. The monoisotopic (exact) mass is 646 g/mol. The molecule has 0 aromatic heterocycles. The van der Waals surface area contributed by atoms with Crippen LogP contribution in [0.5, 0.6) is 17.2 Å². The van der Waals surface area contributed by atoms with Crippen molar-refractivity contribution in [2.75, 3.05) is 18.5 Å². The van der Waals surface area contributed by atoms with Crippen LogP contribution in [0.2, 0.25) is 10.0 Å². The first-order valence-corrected chi connectivity index (χ1v) is 12.8. The van der Waals surface area contributed by atoms with Gasteiger partial charge < -0.3 is 19.5 Å². The number of hydrogen-bond donors (Lipinski definition) is 1. The molecule has 0 fully saturated rings. The Labute approximate surface area is 239 Å². The molecule has 0 saturated carbocycles. The summed E-state index contributed by atoms with van der Waals surface area (Å²) in [5.74, 6) is 3.45. The van der Waals surface area contributed by atoms with Crippen molar-refractivity contribution < 1.29 is 19.0 Å². The third-order valence-electron chi connectivity index (χ3n) is 4.83. The normalized spacial score (nSPS) is 10.7. The van der Waals surface area contributed by atoms with Crippen molar-refractivity contribution in [2.24, 2.45) is 0 Å². The van der Waals surface area contributed by atoms with E-state index in [-0.39, 0.29) is 18.8 Å². The minimum atomic E-state index is -0.551. The molecule has 1 amide bonds. The van der Waals surface area contributed by atoms with Crippen LogP contribution in [0.4, 0.5) is 5.69 Å². The minimum Gasteiger partial charge on any atom is -0.490 e. The molecule has 0 heterocycles. The summed E-state index contributed by atoms with van der Waals surface area (Å²) in [5.41, 5.74) is 1.83. The van der Waals surface area contributed by atoms with Crippen molar-refractivity contribution in [2.45, 2.75) is 13.5 Å². The Morgan fingerprint density at radius 2 is 1.86 bits per heavy atom. The van der Waals surface area contributed by atoms with Crippen molar-refractivity contribution in [1.29, 1.82) is 5.26 Å². The number of anilines is 1. The highest BCUT2D eigenvalue weighted by molar-refractivity contribution is 14.1. The van der Waals surface area contributed by atoms with E-state index in [1.807, 2.05) is 13.0 Å². The highest BCUT2D eigenvalue weighted by atomic mass is 127. The highest BCUT2D eigenvalue weighted by Gasteiger charge is 2.14. The van der Waals surface area contributed by atoms with E-state index < -0.39 is 5.91 Å². The van der Waals surface area contributed by atoms with Gasteiger partial charge in [-0.25, -0.2) is 0 Å². The topological polar surface area (TPSA) is 80.6 Å². The first kappa shape index (κ1) is 28.2. The molecule has 3 aromatic rings. The Morgan fingerprint density at radius 3 is 2.51 bits per heavy atom. The molecule has 0 saturated heterocycles. The molecule has 0 spiro atoms. The molecule has 1 N–H and O–H groups in total. The molecule has 0 bridgehead atoms. The molecule has 37 heavy (non-hydrogen) atoms. The van der Waals surface area contributed by atoms with Gasteiger partial charge >= 0.3 is 0 Å². The Bertz CT molecular complexity index is 1390. The number of nitrogens with one attached hydrogen (secondary N) is 1. The summed E-state index contributed by atoms with van der Waals surface area (Å²) >= 11 is 14.2. The largest absolute Gasteiger partial charge is 0.490 e. The van der Waals surface area contributed by atoms with E-state index in [2.05, 4.69) is 33.8 Å². The lowest BCUT2D eigenvalue weighted by Gasteiger charge is -2.13. The Kier molecular flexibility index (Phi) is 10.5. The summed E-state index contributed by atoms with van der Waals surface area (Å²) in [7, 11) is 0. The van der Waals surface area contributed by atoms with Crippen LogP contribution in [-0.4, -0.2) is 19.1 Å². The average Bonchev–Trinajstić information content (AvgIpc) is 2.87. The molecule has 9 heteroatoms. The molecule has 3 rings (SSSR count). The summed E-state index contributed by atoms with van der Waals surface area (Å²) in [6, 6.07) is 17.4. The molecule has 0 aliphatic rings. The maximum absolute atomic E-state index is 12.8. The maximum Gasteiger partial charge on any atom is 0.266 e. The number of terminal acetylenes is 1. The van der Waals surface area contributed by atoms with Gasteiger partial charge in [0.15, 0.2) is 11.5 Å². The summed E-state index contributed by atoms with van der Waals surface area (Å²) in [5, 5.41) is 13.4. The molecule has 188 valence electrons. The summed E-state index contributed by atoms with van der Waals surface area (Å²) in [6.07, 6.45) is 6.78. The molecule has 0 aliphatic heterocycles. The zero-order valence-electron chi connectivity index (χ0n) is 19.7. The van der Waals surface area contributed by atoms with Crippen LogP contribution in [-0.2, 0) is 11.4 Å². The first-order chi connectivity index (χ1) is 17.8. The molecule has 0 unspecified atom stereocenters. The van der Waals surface area contributed by atoms with Gasteiger partial charge in [-0.2, -0.15) is 5.26 Å². The van der Waals surface area contributed by atoms with Gasteiger partial charge in [-0.15, -0.1) is 6.42 Å². The van der Waals surface area contributed by atoms with Gasteiger partial charge in [-0.3, -0.25) is 4.79 Å². The average molecular weight is 647 g/mol. The number of carbonyl (C=O) groups excluding carboxylic acids is 1. The van der Waals surface area contributed by atoms with Crippen molar-refractivity contribution in [3.05, 3.63) is 84.9 Å². The van der Waals surface area contributed by atoms with Gasteiger partial charge in [0, 0.05) is 21.3 Å². The van der Waals surface area contributed by atoms with Gasteiger partial charge in [0.05, 0.1) is 10.2 Å². The smallest absolute Gasteiger partial charge is 0.266 e. The fraction of sp³-hybridized carbons (Fsp3) is 0.143. The predicted molar refractivity (Wildman–Crippen MR) is 154 cm³/mol. The number of carbonyl (C=O) groups is 1. The molecular formula is C28H21Cl2IN2O4. The number of nitrogens with zero attached hydrogens (tertiary/aromatic N) is 1. The van der Waals surface area contributed by atoms with Crippen LogP contribution in [0.25, 0.3) is 6.08 Å².